The second kappa shape index (κ2) is 18.7. The van der Waals surface area contributed by atoms with Crippen LogP contribution in [0.15, 0.2) is 234 Å². The predicted octanol–water partition coefficient (Wildman–Crippen LogP) is 13.7. The lowest BCUT2D eigenvalue weighted by Crippen LogP contribution is -2.08. The van der Waals surface area contributed by atoms with E-state index in [0.29, 0.717) is 33.1 Å². The van der Waals surface area contributed by atoms with E-state index in [1.54, 1.807) is 31.0 Å². The van der Waals surface area contributed by atoms with Crippen molar-refractivity contribution >= 4 is 65.8 Å². The Hall–Kier alpha value is -11.3. The topological polar surface area (TPSA) is 181 Å². The van der Waals surface area contributed by atoms with Crippen LogP contribution in [0, 0.1) is 0 Å². The highest BCUT2D eigenvalue weighted by atomic mass is 16.1. The number of fused-ring (bicyclic) bond motifs is 6. The molecule has 13 nitrogen and oxygen atoms in total. The van der Waals surface area contributed by atoms with E-state index in [-0.39, 0.29) is 16.3 Å². The molecule has 6 aromatic carbocycles. The molecule has 0 saturated carbocycles. The highest BCUT2D eigenvalue weighted by Crippen LogP contribution is 2.39. The van der Waals surface area contributed by atoms with Gasteiger partial charge in [-0.2, -0.15) is 0 Å². The van der Waals surface area contributed by atoms with Crippen LogP contribution < -0.4 is 16.3 Å². The van der Waals surface area contributed by atoms with Gasteiger partial charge < -0.3 is 19.5 Å². The molecule has 13 heteroatoms. The monoisotopic (exact) mass is 1050 g/mol. The Bertz CT molecular complexity index is 5260. The van der Waals surface area contributed by atoms with Crippen molar-refractivity contribution in [1.29, 1.82) is 0 Å². The van der Waals surface area contributed by atoms with Crippen LogP contribution in [0.4, 0.5) is 0 Å². The van der Waals surface area contributed by atoms with Crippen molar-refractivity contribution < 1.29 is 0 Å². The molecule has 0 fully saturated rings. The van der Waals surface area contributed by atoms with Gasteiger partial charge in [0.05, 0.1) is 61.8 Å². The number of nitrogens with one attached hydrogen (secondary N) is 3. The van der Waals surface area contributed by atoms with Crippen molar-refractivity contribution in [3.8, 4) is 89.5 Å². The van der Waals surface area contributed by atoms with E-state index in [9.17, 15) is 14.4 Å². The summed E-state index contributed by atoms with van der Waals surface area (Å²) in [4.78, 5) is 78.6. The maximum absolute atomic E-state index is 13.5. The van der Waals surface area contributed by atoms with Crippen LogP contribution in [0.1, 0.15) is 0 Å². The Morgan fingerprint density at radius 3 is 1.64 bits per heavy atom. The van der Waals surface area contributed by atoms with Crippen LogP contribution in [-0.2, 0) is 7.05 Å². The van der Waals surface area contributed by atoms with Gasteiger partial charge in [0.25, 0.3) is 0 Å². The van der Waals surface area contributed by atoms with Crippen molar-refractivity contribution in [2.24, 2.45) is 7.05 Å². The van der Waals surface area contributed by atoms with Crippen molar-refractivity contribution in [3.63, 3.8) is 0 Å². The molecule has 0 amide bonds. The summed E-state index contributed by atoms with van der Waals surface area (Å²) < 4.78 is 1.87. The Morgan fingerprint density at radius 2 is 0.938 bits per heavy atom. The summed E-state index contributed by atoms with van der Waals surface area (Å²) >= 11 is 0. The number of imidazole rings is 1. The summed E-state index contributed by atoms with van der Waals surface area (Å²) in [6, 6.07) is 59.4. The number of hydrogen-bond acceptors (Lipinski definition) is 9. The fourth-order valence-electron chi connectivity index (χ4n) is 11.0. The quantitative estimate of drug-likeness (QED) is 0.133. The van der Waals surface area contributed by atoms with Crippen molar-refractivity contribution in [1.82, 2.24) is 49.4 Å². The molecule has 0 atom stereocenters. The van der Waals surface area contributed by atoms with Crippen molar-refractivity contribution in [2.45, 2.75) is 0 Å². The molecule has 0 aliphatic rings. The molecule has 0 aliphatic carbocycles. The third-order valence-electron chi connectivity index (χ3n) is 15.3. The number of pyridine rings is 8. The van der Waals surface area contributed by atoms with E-state index >= 15 is 0 Å². The Balaban J connectivity index is 0.777. The van der Waals surface area contributed by atoms with Gasteiger partial charge in [0.15, 0.2) is 16.3 Å². The second-order valence-electron chi connectivity index (χ2n) is 20.2. The normalized spacial score (nSPS) is 11.7. The molecule has 0 spiro atoms. The molecule has 81 heavy (non-hydrogen) atoms. The highest BCUT2D eigenvalue weighted by molar-refractivity contribution is 5.98. The van der Waals surface area contributed by atoms with Crippen LogP contribution in [0.5, 0.6) is 0 Å². The van der Waals surface area contributed by atoms with Gasteiger partial charge in [-0.3, -0.25) is 24.4 Å². The van der Waals surface area contributed by atoms with Gasteiger partial charge in [0.1, 0.15) is 16.9 Å². The molecule has 15 rings (SSSR count). The lowest BCUT2D eigenvalue weighted by Gasteiger charge is -2.14. The minimum atomic E-state index is -0.114. The Morgan fingerprint density at radius 1 is 0.383 bits per heavy atom. The van der Waals surface area contributed by atoms with Crippen molar-refractivity contribution in [2.75, 3.05) is 0 Å². The van der Waals surface area contributed by atoms with Crippen LogP contribution in [0.25, 0.3) is 155 Å². The third kappa shape index (κ3) is 8.23. The fraction of sp³-hybridized carbons (Fsp3) is 0.0147. The van der Waals surface area contributed by atoms with E-state index in [1.165, 1.54) is 12.1 Å². The number of nitrogens with zero attached hydrogens (tertiary/aromatic N) is 7. The van der Waals surface area contributed by atoms with Gasteiger partial charge in [0, 0.05) is 112 Å². The van der Waals surface area contributed by atoms with Gasteiger partial charge >= 0.3 is 0 Å². The summed E-state index contributed by atoms with van der Waals surface area (Å²) in [5, 5.41) is 4.42. The minimum Gasteiger partial charge on any atom is -0.346 e. The standard InChI is InChI=1S/C68H42N10O3/c1-78-26-23-62(81)55-34-52(44-17-19-56-48(28-44)29-49(36-71-56)38-7-11-41(12-8-38)64-51(33-54-61(80)22-25-70-67(54)76-64)45-18-20-57-59(30-45)74-37-73-57)65(77-68(55)78)42-13-9-39(10-14-42)58-31-47-27-43(15-16-46(47)35-72-58)50-32-53-60(79)21-24-69-66(53)75-63(50)40-5-3-2-4-6-40/h2-37H,1H3,(H,73,74)(H,69,75,79)(H,70,76,80). The smallest absolute Gasteiger partial charge is 0.191 e. The second-order valence-corrected chi connectivity index (χ2v) is 20.2. The molecule has 0 radical (unpaired) electrons. The van der Waals surface area contributed by atoms with Crippen LogP contribution in [0.3, 0.4) is 0 Å². The maximum atomic E-state index is 13.5. The average molecular weight is 1050 g/mol. The van der Waals surface area contributed by atoms with Crippen LogP contribution >= 0.6 is 0 Å². The molecule has 9 aromatic heterocycles. The first-order chi connectivity index (χ1) is 39.7. The number of benzene rings is 6. The van der Waals surface area contributed by atoms with Gasteiger partial charge in [0.2, 0.25) is 0 Å². The van der Waals surface area contributed by atoms with Gasteiger partial charge in [-0.05, 0) is 88.3 Å². The van der Waals surface area contributed by atoms with E-state index in [4.69, 9.17) is 24.9 Å². The number of hydrogen-bond donors (Lipinski definition) is 3. The molecule has 9 heterocycles. The van der Waals surface area contributed by atoms with Gasteiger partial charge in [-0.1, -0.05) is 103 Å². The number of aryl methyl sites for hydroxylation is 1. The van der Waals surface area contributed by atoms with E-state index < -0.39 is 0 Å². The number of H-pyrrole nitrogens is 3. The van der Waals surface area contributed by atoms with Crippen molar-refractivity contribution in [3.05, 3.63) is 250 Å². The number of aromatic nitrogens is 10. The summed E-state index contributed by atoms with van der Waals surface area (Å²) in [5.74, 6) is 0. The third-order valence-corrected chi connectivity index (χ3v) is 15.3. The minimum absolute atomic E-state index is 0.0970. The molecular formula is C68H42N10O3. The summed E-state index contributed by atoms with van der Waals surface area (Å²) in [7, 11) is 1.90. The molecule has 0 aliphatic heterocycles. The van der Waals surface area contributed by atoms with Gasteiger partial charge in [-0.15, -0.1) is 0 Å². The molecule has 0 unspecified atom stereocenters. The molecular weight excluding hydrogens is 1000 g/mol. The molecule has 15 aromatic rings. The Kier molecular flexibility index (Phi) is 10.8. The lowest BCUT2D eigenvalue weighted by atomic mass is 9.94. The highest BCUT2D eigenvalue weighted by Gasteiger charge is 2.19. The SMILES string of the molecule is Cn1ccc(=O)c2cc(-c3ccc4ncc(-c5ccc(-c6nc7[nH]ccc(=O)c7cc6-c6ccc7[nH]cnc7c6)cc5)cc4c3)c(-c3ccc(-c4cc5cc(-c6cc7c(=O)cc[nH]c7nc6-c6ccccc6)ccc5cn4)cc3)nc21. The molecule has 0 saturated heterocycles. The van der Waals surface area contributed by atoms with E-state index in [2.05, 4.69) is 92.7 Å². The summed E-state index contributed by atoms with van der Waals surface area (Å²) in [5.41, 5.74) is 17.5. The van der Waals surface area contributed by atoms with Gasteiger partial charge in [-0.25, -0.2) is 19.9 Å². The van der Waals surface area contributed by atoms with Crippen LogP contribution in [0.2, 0.25) is 0 Å². The average Bonchev–Trinajstić information content (AvgIpc) is 4.03. The zero-order valence-corrected chi connectivity index (χ0v) is 43.1. The number of aromatic amines is 3. The first kappa shape index (κ1) is 46.9. The number of rotatable bonds is 8. The molecule has 382 valence electrons. The van der Waals surface area contributed by atoms with Crippen LogP contribution in [-0.4, -0.2) is 49.4 Å². The summed E-state index contributed by atoms with van der Waals surface area (Å²) in [6.45, 7) is 0. The first-order valence-electron chi connectivity index (χ1n) is 26.3. The zero-order valence-electron chi connectivity index (χ0n) is 43.1. The zero-order chi connectivity index (χ0) is 54.3. The maximum Gasteiger partial charge on any atom is 0.191 e. The predicted molar refractivity (Wildman–Crippen MR) is 323 cm³/mol. The van der Waals surface area contributed by atoms with E-state index in [0.717, 1.165) is 122 Å². The summed E-state index contributed by atoms with van der Waals surface area (Å²) in [6.07, 6.45) is 10.4. The Labute approximate surface area is 459 Å². The van der Waals surface area contributed by atoms with E-state index in [1.807, 2.05) is 115 Å². The lowest BCUT2D eigenvalue weighted by molar-refractivity contribution is 0.930. The fourth-order valence-corrected chi connectivity index (χ4v) is 11.0. The molecule has 0 bridgehead atoms. The largest absolute Gasteiger partial charge is 0.346 e. The first-order valence-corrected chi connectivity index (χ1v) is 26.3. The molecule has 3 N–H and O–H groups in total.